The lowest BCUT2D eigenvalue weighted by Gasteiger charge is -2.48. The highest BCUT2D eigenvalue weighted by Gasteiger charge is 2.44. The summed E-state index contributed by atoms with van der Waals surface area (Å²) in [4.78, 5) is 0. The summed E-state index contributed by atoms with van der Waals surface area (Å²) in [7, 11) is 0. The van der Waals surface area contributed by atoms with E-state index in [4.69, 9.17) is 9.15 Å². The molecule has 2 unspecified atom stereocenters. The molecular weight excluding hydrogens is 238 g/mol. The molecule has 2 heterocycles. The standard InChI is InChI=1S/C16H25NO2/c1-2-9-17-15(14-5-3-10-18-14)13-6-11-19-16(12-13)7-4-8-16/h3,5,10,13,15,17H,2,4,6-9,11-12H2,1H3. The molecule has 1 aliphatic heterocycles. The van der Waals surface area contributed by atoms with Gasteiger partial charge in [0.15, 0.2) is 0 Å². The van der Waals surface area contributed by atoms with Crippen molar-refractivity contribution in [2.24, 2.45) is 5.92 Å². The zero-order chi connectivity index (χ0) is 13.1. The summed E-state index contributed by atoms with van der Waals surface area (Å²) in [5.41, 5.74) is 0.210. The smallest absolute Gasteiger partial charge is 0.120 e. The summed E-state index contributed by atoms with van der Waals surface area (Å²) in [5.74, 6) is 1.74. The van der Waals surface area contributed by atoms with Gasteiger partial charge in [-0.05, 0) is 63.1 Å². The van der Waals surface area contributed by atoms with Gasteiger partial charge < -0.3 is 14.5 Å². The number of ether oxygens (including phenoxy) is 1. The Hall–Kier alpha value is -0.800. The monoisotopic (exact) mass is 263 g/mol. The summed E-state index contributed by atoms with van der Waals surface area (Å²) in [5, 5.41) is 3.68. The molecule has 0 radical (unpaired) electrons. The average Bonchev–Trinajstić information content (AvgIpc) is 2.92. The van der Waals surface area contributed by atoms with Crippen LogP contribution in [0.5, 0.6) is 0 Å². The summed E-state index contributed by atoms with van der Waals surface area (Å²) >= 11 is 0. The van der Waals surface area contributed by atoms with E-state index in [-0.39, 0.29) is 5.60 Å². The van der Waals surface area contributed by atoms with Crippen LogP contribution in [0.4, 0.5) is 0 Å². The van der Waals surface area contributed by atoms with Crippen LogP contribution in [-0.2, 0) is 4.74 Å². The van der Waals surface area contributed by atoms with Gasteiger partial charge in [-0.1, -0.05) is 6.92 Å². The Morgan fingerprint density at radius 3 is 3.00 bits per heavy atom. The predicted molar refractivity (Wildman–Crippen MR) is 75.0 cm³/mol. The van der Waals surface area contributed by atoms with Gasteiger partial charge in [0, 0.05) is 6.61 Å². The first-order chi connectivity index (χ1) is 9.33. The van der Waals surface area contributed by atoms with Crippen molar-refractivity contribution in [2.75, 3.05) is 13.2 Å². The van der Waals surface area contributed by atoms with E-state index in [9.17, 15) is 0 Å². The van der Waals surface area contributed by atoms with Crippen molar-refractivity contribution >= 4 is 0 Å². The maximum Gasteiger partial charge on any atom is 0.120 e. The molecule has 3 nitrogen and oxygen atoms in total. The summed E-state index contributed by atoms with van der Waals surface area (Å²) in [6.45, 7) is 4.18. The van der Waals surface area contributed by atoms with Gasteiger partial charge in [0.05, 0.1) is 17.9 Å². The SMILES string of the molecule is CCCNC(c1ccco1)C1CCOC2(CCC2)C1. The normalized spacial score (nSPS) is 27.1. The van der Waals surface area contributed by atoms with E-state index < -0.39 is 0 Å². The number of hydrogen-bond acceptors (Lipinski definition) is 3. The fourth-order valence-corrected chi connectivity index (χ4v) is 3.54. The lowest BCUT2D eigenvalue weighted by molar-refractivity contribution is -0.148. The van der Waals surface area contributed by atoms with Crippen LogP contribution in [0.25, 0.3) is 0 Å². The van der Waals surface area contributed by atoms with Crippen LogP contribution in [0.15, 0.2) is 22.8 Å². The third kappa shape index (κ3) is 2.72. The zero-order valence-electron chi connectivity index (χ0n) is 11.9. The fraction of sp³-hybridized carbons (Fsp3) is 0.750. The van der Waals surface area contributed by atoms with Crippen molar-refractivity contribution in [3.8, 4) is 0 Å². The van der Waals surface area contributed by atoms with Crippen LogP contribution in [0, 0.1) is 5.92 Å². The molecule has 1 aromatic rings. The van der Waals surface area contributed by atoms with Gasteiger partial charge in [-0.3, -0.25) is 0 Å². The lowest BCUT2D eigenvalue weighted by atomic mass is 9.70. The second-order valence-corrected chi connectivity index (χ2v) is 6.09. The Balaban J connectivity index is 1.71. The van der Waals surface area contributed by atoms with Crippen molar-refractivity contribution in [1.82, 2.24) is 5.32 Å². The maximum absolute atomic E-state index is 6.05. The Bertz CT molecular complexity index is 383. The van der Waals surface area contributed by atoms with Crippen LogP contribution >= 0.6 is 0 Å². The van der Waals surface area contributed by atoms with Crippen molar-refractivity contribution in [3.63, 3.8) is 0 Å². The molecule has 1 saturated carbocycles. The largest absolute Gasteiger partial charge is 0.468 e. The summed E-state index contributed by atoms with van der Waals surface area (Å²) in [6, 6.07) is 4.46. The zero-order valence-corrected chi connectivity index (χ0v) is 11.9. The molecule has 1 N–H and O–H groups in total. The van der Waals surface area contributed by atoms with Crippen LogP contribution < -0.4 is 5.32 Å². The van der Waals surface area contributed by atoms with Gasteiger partial charge in [0.25, 0.3) is 0 Å². The molecule has 2 fully saturated rings. The molecule has 106 valence electrons. The average molecular weight is 263 g/mol. The van der Waals surface area contributed by atoms with Gasteiger partial charge in [-0.15, -0.1) is 0 Å². The minimum Gasteiger partial charge on any atom is -0.468 e. The van der Waals surface area contributed by atoms with E-state index in [1.807, 2.05) is 6.07 Å². The molecule has 1 aliphatic carbocycles. The quantitative estimate of drug-likeness (QED) is 0.880. The molecule has 0 amide bonds. The van der Waals surface area contributed by atoms with E-state index in [0.29, 0.717) is 12.0 Å². The predicted octanol–water partition coefficient (Wildman–Crippen LogP) is 3.67. The van der Waals surface area contributed by atoms with Crippen molar-refractivity contribution in [2.45, 2.75) is 57.1 Å². The number of furan rings is 1. The number of nitrogens with one attached hydrogen (secondary N) is 1. The number of rotatable bonds is 5. The van der Waals surface area contributed by atoms with Crippen LogP contribution in [0.1, 0.15) is 57.3 Å². The lowest BCUT2D eigenvalue weighted by Crippen LogP contribution is -2.48. The first-order valence-corrected chi connectivity index (χ1v) is 7.74. The molecular formula is C16H25NO2. The Morgan fingerprint density at radius 2 is 2.37 bits per heavy atom. The van der Waals surface area contributed by atoms with E-state index in [2.05, 4.69) is 18.3 Å². The van der Waals surface area contributed by atoms with E-state index in [1.165, 1.54) is 25.7 Å². The van der Waals surface area contributed by atoms with Gasteiger partial charge in [0.1, 0.15) is 5.76 Å². The van der Waals surface area contributed by atoms with Crippen molar-refractivity contribution in [3.05, 3.63) is 24.2 Å². The van der Waals surface area contributed by atoms with Gasteiger partial charge in [-0.25, -0.2) is 0 Å². The molecule has 1 saturated heterocycles. The van der Waals surface area contributed by atoms with Crippen LogP contribution in [-0.4, -0.2) is 18.8 Å². The molecule has 2 aliphatic rings. The van der Waals surface area contributed by atoms with Crippen LogP contribution in [0.2, 0.25) is 0 Å². The van der Waals surface area contributed by atoms with E-state index in [0.717, 1.165) is 31.8 Å². The number of hydrogen-bond donors (Lipinski definition) is 1. The minimum atomic E-state index is 0.210. The summed E-state index contributed by atoms with van der Waals surface area (Å²) < 4.78 is 11.7. The topological polar surface area (TPSA) is 34.4 Å². The molecule has 3 heteroatoms. The fourth-order valence-electron chi connectivity index (χ4n) is 3.54. The molecule has 2 atom stereocenters. The molecule has 0 bridgehead atoms. The first-order valence-electron chi connectivity index (χ1n) is 7.74. The first kappa shape index (κ1) is 13.2. The second kappa shape index (κ2) is 5.68. The third-order valence-corrected chi connectivity index (χ3v) is 4.73. The summed E-state index contributed by atoms with van der Waals surface area (Å²) in [6.07, 6.45) is 9.11. The molecule has 0 aromatic carbocycles. The van der Waals surface area contributed by atoms with Gasteiger partial charge in [-0.2, -0.15) is 0 Å². The highest BCUT2D eigenvalue weighted by Crippen LogP contribution is 2.47. The van der Waals surface area contributed by atoms with Crippen LogP contribution in [0.3, 0.4) is 0 Å². The third-order valence-electron chi connectivity index (χ3n) is 4.73. The molecule has 3 rings (SSSR count). The Kier molecular flexibility index (Phi) is 3.94. The Labute approximate surface area is 115 Å². The molecule has 19 heavy (non-hydrogen) atoms. The Morgan fingerprint density at radius 1 is 1.47 bits per heavy atom. The molecule has 1 spiro atoms. The highest BCUT2D eigenvalue weighted by atomic mass is 16.5. The van der Waals surface area contributed by atoms with Crippen molar-refractivity contribution in [1.29, 1.82) is 0 Å². The van der Waals surface area contributed by atoms with Gasteiger partial charge in [0.2, 0.25) is 0 Å². The second-order valence-electron chi connectivity index (χ2n) is 6.09. The van der Waals surface area contributed by atoms with Crippen molar-refractivity contribution < 1.29 is 9.15 Å². The van der Waals surface area contributed by atoms with E-state index >= 15 is 0 Å². The minimum absolute atomic E-state index is 0.210. The van der Waals surface area contributed by atoms with Gasteiger partial charge >= 0.3 is 0 Å². The van der Waals surface area contributed by atoms with E-state index in [1.54, 1.807) is 6.26 Å². The molecule has 1 aromatic heterocycles. The highest BCUT2D eigenvalue weighted by molar-refractivity contribution is 5.08. The maximum atomic E-state index is 6.05.